The predicted molar refractivity (Wildman–Crippen MR) is 62.8 cm³/mol. The van der Waals surface area contributed by atoms with Gasteiger partial charge in [-0.25, -0.2) is 0 Å². The molecular weight excluding hydrogens is 186 g/mol. The van der Waals surface area contributed by atoms with Gasteiger partial charge in [0, 0.05) is 12.1 Å². The maximum atomic E-state index is 9.90. The highest BCUT2D eigenvalue weighted by Gasteiger charge is 2.27. The van der Waals surface area contributed by atoms with E-state index in [0.717, 1.165) is 12.3 Å². The van der Waals surface area contributed by atoms with E-state index in [4.69, 9.17) is 0 Å². The van der Waals surface area contributed by atoms with Gasteiger partial charge in [-0.3, -0.25) is 0 Å². The zero-order valence-corrected chi connectivity index (χ0v) is 9.91. The van der Waals surface area contributed by atoms with Crippen molar-refractivity contribution in [2.45, 2.75) is 76.5 Å². The van der Waals surface area contributed by atoms with Crippen molar-refractivity contribution >= 4 is 0 Å². The maximum absolute atomic E-state index is 9.90. The summed E-state index contributed by atoms with van der Waals surface area (Å²) in [6.45, 7) is 2.35. The van der Waals surface area contributed by atoms with Gasteiger partial charge in [-0.05, 0) is 31.6 Å². The van der Waals surface area contributed by atoms with Crippen LogP contribution in [0.15, 0.2) is 0 Å². The Labute approximate surface area is 93.5 Å². The molecule has 0 aromatic rings. The van der Waals surface area contributed by atoms with E-state index in [1.165, 1.54) is 44.9 Å². The van der Waals surface area contributed by atoms with Gasteiger partial charge in [-0.1, -0.05) is 32.6 Å². The Bertz CT molecular complexity index is 195. The largest absolute Gasteiger partial charge is 0.392 e. The van der Waals surface area contributed by atoms with Gasteiger partial charge in [-0.2, -0.15) is 0 Å². The lowest BCUT2D eigenvalue weighted by molar-refractivity contribution is 0.0793. The van der Waals surface area contributed by atoms with Gasteiger partial charge in [0.05, 0.1) is 6.10 Å². The van der Waals surface area contributed by atoms with Gasteiger partial charge in [-0.15, -0.1) is 0 Å². The highest BCUT2D eigenvalue weighted by Crippen LogP contribution is 2.26. The molecule has 0 heterocycles. The van der Waals surface area contributed by atoms with Crippen LogP contribution in [0, 0.1) is 5.92 Å². The molecule has 88 valence electrons. The third-order valence-corrected chi connectivity index (χ3v) is 4.12. The number of aliphatic hydroxyl groups is 1. The molecule has 0 saturated heterocycles. The molecule has 0 spiro atoms. The SMILES string of the molecule is C[C@H]1CCC[C@@H](N[C@@H]2CCCC[C@@H]2O)C1. The summed E-state index contributed by atoms with van der Waals surface area (Å²) in [6.07, 6.45) is 9.96. The molecule has 2 saturated carbocycles. The van der Waals surface area contributed by atoms with Crippen molar-refractivity contribution in [2.24, 2.45) is 5.92 Å². The molecule has 0 unspecified atom stereocenters. The Morgan fingerprint density at radius 2 is 1.80 bits per heavy atom. The zero-order chi connectivity index (χ0) is 10.7. The van der Waals surface area contributed by atoms with Crippen molar-refractivity contribution in [3.63, 3.8) is 0 Å². The molecule has 0 amide bonds. The molecule has 2 N–H and O–H groups in total. The summed E-state index contributed by atoms with van der Waals surface area (Å²) < 4.78 is 0. The summed E-state index contributed by atoms with van der Waals surface area (Å²) in [4.78, 5) is 0. The van der Waals surface area contributed by atoms with Crippen molar-refractivity contribution in [1.29, 1.82) is 0 Å². The van der Waals surface area contributed by atoms with Crippen LogP contribution in [0.4, 0.5) is 0 Å². The molecule has 0 aromatic carbocycles. The second-order valence-corrected chi connectivity index (χ2v) is 5.59. The average molecular weight is 211 g/mol. The second kappa shape index (κ2) is 5.31. The van der Waals surface area contributed by atoms with E-state index in [2.05, 4.69) is 12.2 Å². The minimum Gasteiger partial charge on any atom is -0.392 e. The molecule has 0 aliphatic heterocycles. The topological polar surface area (TPSA) is 32.3 Å². The first kappa shape index (κ1) is 11.4. The monoisotopic (exact) mass is 211 g/mol. The number of hydrogen-bond donors (Lipinski definition) is 2. The first-order valence-electron chi connectivity index (χ1n) is 6.70. The molecule has 15 heavy (non-hydrogen) atoms. The molecule has 0 aromatic heterocycles. The van der Waals surface area contributed by atoms with Crippen LogP contribution in [-0.2, 0) is 0 Å². The molecular formula is C13H25NO. The quantitative estimate of drug-likeness (QED) is 0.735. The van der Waals surface area contributed by atoms with Crippen LogP contribution >= 0.6 is 0 Å². The van der Waals surface area contributed by atoms with Gasteiger partial charge in [0.15, 0.2) is 0 Å². The lowest BCUT2D eigenvalue weighted by Crippen LogP contribution is -2.48. The first-order chi connectivity index (χ1) is 7.25. The van der Waals surface area contributed by atoms with E-state index in [1.54, 1.807) is 0 Å². The third-order valence-electron chi connectivity index (χ3n) is 4.12. The van der Waals surface area contributed by atoms with Gasteiger partial charge in [0.1, 0.15) is 0 Å². The van der Waals surface area contributed by atoms with E-state index >= 15 is 0 Å². The number of hydrogen-bond acceptors (Lipinski definition) is 2. The molecule has 2 nitrogen and oxygen atoms in total. The van der Waals surface area contributed by atoms with Crippen molar-refractivity contribution in [1.82, 2.24) is 5.32 Å². The molecule has 2 aliphatic carbocycles. The van der Waals surface area contributed by atoms with Gasteiger partial charge >= 0.3 is 0 Å². The second-order valence-electron chi connectivity index (χ2n) is 5.59. The predicted octanol–water partition coefficient (Wildman–Crippen LogP) is 2.46. The van der Waals surface area contributed by atoms with Crippen LogP contribution in [0.1, 0.15) is 58.3 Å². The molecule has 2 heteroatoms. The summed E-state index contributed by atoms with van der Waals surface area (Å²) in [7, 11) is 0. The van der Waals surface area contributed by atoms with E-state index in [9.17, 15) is 5.11 Å². The van der Waals surface area contributed by atoms with Crippen LogP contribution in [0.25, 0.3) is 0 Å². The Balaban J connectivity index is 1.79. The third kappa shape index (κ3) is 3.18. The summed E-state index contributed by atoms with van der Waals surface area (Å²) in [5, 5.41) is 13.6. The lowest BCUT2D eigenvalue weighted by Gasteiger charge is -2.35. The number of aliphatic hydroxyl groups excluding tert-OH is 1. The summed E-state index contributed by atoms with van der Waals surface area (Å²) in [6, 6.07) is 1.06. The van der Waals surface area contributed by atoms with Crippen molar-refractivity contribution in [2.75, 3.05) is 0 Å². The van der Waals surface area contributed by atoms with Crippen molar-refractivity contribution < 1.29 is 5.11 Å². The van der Waals surface area contributed by atoms with E-state index in [1.807, 2.05) is 0 Å². The minimum absolute atomic E-state index is 0.0871. The van der Waals surface area contributed by atoms with Gasteiger partial charge < -0.3 is 10.4 Å². The summed E-state index contributed by atoms with van der Waals surface area (Å²) in [5.74, 6) is 0.872. The van der Waals surface area contributed by atoms with E-state index in [-0.39, 0.29) is 6.10 Å². The molecule has 2 rings (SSSR count). The highest BCUT2D eigenvalue weighted by molar-refractivity contribution is 4.85. The Kier molecular flexibility index (Phi) is 4.04. The fourth-order valence-corrected chi connectivity index (χ4v) is 3.19. The fraction of sp³-hybridized carbons (Fsp3) is 1.00. The van der Waals surface area contributed by atoms with Gasteiger partial charge in [0.2, 0.25) is 0 Å². The number of nitrogens with one attached hydrogen (secondary N) is 1. The van der Waals surface area contributed by atoms with Crippen LogP contribution < -0.4 is 5.32 Å². The van der Waals surface area contributed by atoms with Crippen molar-refractivity contribution in [3.05, 3.63) is 0 Å². The number of rotatable bonds is 2. The van der Waals surface area contributed by atoms with Crippen LogP contribution in [0.5, 0.6) is 0 Å². The standard InChI is InChI=1S/C13H25NO/c1-10-5-4-6-11(9-10)14-12-7-2-3-8-13(12)15/h10-15H,2-9H2,1H3/t10-,11+,12+,13-/m0/s1. The molecule has 2 fully saturated rings. The highest BCUT2D eigenvalue weighted by atomic mass is 16.3. The zero-order valence-electron chi connectivity index (χ0n) is 9.91. The Hall–Kier alpha value is -0.0800. The van der Waals surface area contributed by atoms with Gasteiger partial charge in [0.25, 0.3) is 0 Å². The first-order valence-corrected chi connectivity index (χ1v) is 6.70. The average Bonchev–Trinajstić information content (AvgIpc) is 2.22. The Morgan fingerprint density at radius 1 is 1.00 bits per heavy atom. The molecule has 0 bridgehead atoms. The Morgan fingerprint density at radius 3 is 2.53 bits per heavy atom. The fourth-order valence-electron chi connectivity index (χ4n) is 3.19. The van der Waals surface area contributed by atoms with E-state index in [0.29, 0.717) is 12.1 Å². The molecule has 0 radical (unpaired) electrons. The van der Waals surface area contributed by atoms with E-state index < -0.39 is 0 Å². The normalized spacial score (nSPS) is 42.8. The molecule has 2 aliphatic rings. The van der Waals surface area contributed by atoms with Crippen molar-refractivity contribution in [3.8, 4) is 0 Å². The molecule has 4 atom stereocenters. The summed E-state index contributed by atoms with van der Waals surface area (Å²) in [5.41, 5.74) is 0. The minimum atomic E-state index is -0.0871. The van der Waals surface area contributed by atoms with Crippen LogP contribution in [0.2, 0.25) is 0 Å². The lowest BCUT2D eigenvalue weighted by atomic mass is 9.85. The van der Waals surface area contributed by atoms with Crippen LogP contribution in [-0.4, -0.2) is 23.3 Å². The van der Waals surface area contributed by atoms with Crippen LogP contribution in [0.3, 0.4) is 0 Å². The summed E-state index contributed by atoms with van der Waals surface area (Å²) >= 11 is 0. The smallest absolute Gasteiger partial charge is 0.0693 e. The maximum Gasteiger partial charge on any atom is 0.0693 e.